The molecule has 2 heterocycles. The fraction of sp³-hybridized carbons (Fsp3) is 0.538. The van der Waals surface area contributed by atoms with E-state index >= 15 is 0 Å². The van der Waals surface area contributed by atoms with Gasteiger partial charge in [0.25, 0.3) is 0 Å². The minimum Gasteiger partial charge on any atom is -0.361 e. The minimum absolute atomic E-state index is 0.218. The van der Waals surface area contributed by atoms with E-state index in [1.165, 1.54) is 5.56 Å². The van der Waals surface area contributed by atoms with Gasteiger partial charge in [0.15, 0.2) is 0 Å². The van der Waals surface area contributed by atoms with Gasteiger partial charge in [0.1, 0.15) is 5.76 Å². The van der Waals surface area contributed by atoms with E-state index in [4.69, 9.17) is 4.52 Å². The van der Waals surface area contributed by atoms with Crippen molar-refractivity contribution in [2.24, 2.45) is 7.05 Å². The van der Waals surface area contributed by atoms with Gasteiger partial charge in [-0.1, -0.05) is 5.16 Å². The Morgan fingerprint density at radius 2 is 2.06 bits per heavy atom. The molecule has 2 aromatic heterocycles. The zero-order valence-corrected chi connectivity index (χ0v) is 11.6. The molecule has 1 unspecified atom stereocenters. The minimum atomic E-state index is 0.218. The first-order valence-electron chi connectivity index (χ1n) is 6.14. The molecular weight excluding hydrogens is 228 g/mol. The predicted octanol–water partition coefficient (Wildman–Crippen LogP) is 2.18. The molecule has 0 aromatic carbocycles. The lowest BCUT2D eigenvalue weighted by Gasteiger charge is -2.13. The molecule has 1 atom stereocenters. The average molecular weight is 248 g/mol. The molecule has 0 saturated heterocycles. The lowest BCUT2D eigenvalue weighted by atomic mass is 10.1. The van der Waals surface area contributed by atoms with Crippen molar-refractivity contribution >= 4 is 0 Å². The number of nitrogens with zero attached hydrogens (tertiary/aromatic N) is 3. The van der Waals surface area contributed by atoms with Gasteiger partial charge in [-0.15, -0.1) is 0 Å². The van der Waals surface area contributed by atoms with Crippen molar-refractivity contribution in [2.75, 3.05) is 0 Å². The highest BCUT2D eigenvalue weighted by Crippen LogP contribution is 2.21. The van der Waals surface area contributed by atoms with Crippen LogP contribution in [0.25, 0.3) is 0 Å². The van der Waals surface area contributed by atoms with E-state index in [9.17, 15) is 0 Å². The molecule has 5 heteroatoms. The maximum atomic E-state index is 5.19. The Hall–Kier alpha value is -1.62. The summed E-state index contributed by atoms with van der Waals surface area (Å²) in [4.78, 5) is 0. The van der Waals surface area contributed by atoms with Gasteiger partial charge < -0.3 is 9.84 Å². The van der Waals surface area contributed by atoms with Crippen molar-refractivity contribution in [3.63, 3.8) is 0 Å². The molecule has 2 rings (SSSR count). The zero-order chi connectivity index (χ0) is 13.3. The average Bonchev–Trinajstić information content (AvgIpc) is 2.79. The number of hydrogen-bond donors (Lipinski definition) is 1. The molecule has 5 nitrogen and oxygen atoms in total. The maximum absolute atomic E-state index is 5.19. The fourth-order valence-corrected chi connectivity index (χ4v) is 2.30. The van der Waals surface area contributed by atoms with Crippen LogP contribution in [0.2, 0.25) is 0 Å². The largest absolute Gasteiger partial charge is 0.361 e. The van der Waals surface area contributed by atoms with Crippen LogP contribution in [0.5, 0.6) is 0 Å². The van der Waals surface area contributed by atoms with Gasteiger partial charge in [0.2, 0.25) is 0 Å². The van der Waals surface area contributed by atoms with Crippen molar-refractivity contribution < 1.29 is 4.52 Å². The van der Waals surface area contributed by atoms with Crippen LogP contribution in [0.1, 0.15) is 41.2 Å². The lowest BCUT2D eigenvalue weighted by molar-refractivity contribution is 0.390. The molecule has 18 heavy (non-hydrogen) atoms. The summed E-state index contributed by atoms with van der Waals surface area (Å²) in [5.74, 6) is 0.885. The third-order valence-electron chi connectivity index (χ3n) is 3.24. The van der Waals surface area contributed by atoms with Gasteiger partial charge in [0.05, 0.1) is 11.4 Å². The molecule has 98 valence electrons. The number of rotatable bonds is 4. The number of hydrogen-bond acceptors (Lipinski definition) is 4. The van der Waals surface area contributed by atoms with E-state index in [2.05, 4.69) is 22.5 Å². The van der Waals surface area contributed by atoms with Gasteiger partial charge >= 0.3 is 0 Å². The molecule has 0 spiro atoms. The first-order chi connectivity index (χ1) is 8.49. The summed E-state index contributed by atoms with van der Waals surface area (Å²) in [6.45, 7) is 8.86. The molecule has 0 aliphatic carbocycles. The fourth-order valence-electron chi connectivity index (χ4n) is 2.30. The molecule has 2 aromatic rings. The number of aryl methyl sites for hydroxylation is 4. The Labute approximate surface area is 107 Å². The van der Waals surface area contributed by atoms with Crippen molar-refractivity contribution in [1.82, 2.24) is 20.3 Å². The van der Waals surface area contributed by atoms with Crippen molar-refractivity contribution in [1.29, 1.82) is 0 Å². The zero-order valence-electron chi connectivity index (χ0n) is 11.6. The second-order valence-electron chi connectivity index (χ2n) is 4.75. The monoisotopic (exact) mass is 248 g/mol. The normalized spacial score (nSPS) is 12.9. The van der Waals surface area contributed by atoms with Crippen LogP contribution in [0, 0.1) is 20.8 Å². The molecule has 0 bridgehead atoms. The molecule has 0 aliphatic rings. The van der Waals surface area contributed by atoms with Crippen molar-refractivity contribution in [3.8, 4) is 0 Å². The molecule has 0 amide bonds. The van der Waals surface area contributed by atoms with Crippen LogP contribution in [-0.2, 0) is 13.6 Å². The first kappa shape index (κ1) is 12.8. The van der Waals surface area contributed by atoms with Crippen LogP contribution in [0.4, 0.5) is 0 Å². The second-order valence-corrected chi connectivity index (χ2v) is 4.75. The van der Waals surface area contributed by atoms with Gasteiger partial charge in [0, 0.05) is 37.0 Å². The van der Waals surface area contributed by atoms with E-state index in [0.29, 0.717) is 0 Å². The smallest absolute Gasteiger partial charge is 0.138 e. The predicted molar refractivity (Wildman–Crippen MR) is 69.2 cm³/mol. The standard InChI is InChI=1S/C13H20N4O/c1-8-12(7-17(5)15-8)6-14-9(2)13-10(3)16-18-11(13)4/h7,9,14H,6H2,1-5H3. The maximum Gasteiger partial charge on any atom is 0.138 e. The molecule has 1 N–H and O–H groups in total. The first-order valence-corrected chi connectivity index (χ1v) is 6.14. The summed E-state index contributed by atoms with van der Waals surface area (Å²) in [7, 11) is 1.94. The highest BCUT2D eigenvalue weighted by molar-refractivity contribution is 5.25. The Morgan fingerprint density at radius 3 is 2.56 bits per heavy atom. The van der Waals surface area contributed by atoms with Crippen LogP contribution in [0.3, 0.4) is 0 Å². The Morgan fingerprint density at radius 1 is 1.33 bits per heavy atom. The van der Waals surface area contributed by atoms with Crippen LogP contribution >= 0.6 is 0 Å². The lowest BCUT2D eigenvalue weighted by Crippen LogP contribution is -2.19. The highest BCUT2D eigenvalue weighted by atomic mass is 16.5. The third kappa shape index (κ3) is 2.46. The quantitative estimate of drug-likeness (QED) is 0.901. The summed E-state index contributed by atoms with van der Waals surface area (Å²) < 4.78 is 7.03. The Bertz CT molecular complexity index is 522. The van der Waals surface area contributed by atoms with E-state index < -0.39 is 0 Å². The summed E-state index contributed by atoms with van der Waals surface area (Å²) in [5, 5.41) is 11.8. The van der Waals surface area contributed by atoms with Crippen molar-refractivity contribution in [2.45, 2.75) is 40.3 Å². The second kappa shape index (κ2) is 4.94. The topological polar surface area (TPSA) is 55.9 Å². The molecule has 0 fully saturated rings. The molecule has 0 radical (unpaired) electrons. The summed E-state index contributed by atoms with van der Waals surface area (Å²) in [5.41, 5.74) is 4.39. The molecular formula is C13H20N4O. The van der Waals surface area contributed by atoms with Crippen molar-refractivity contribution in [3.05, 3.63) is 34.5 Å². The Kier molecular flexibility index (Phi) is 3.52. The van der Waals surface area contributed by atoms with Gasteiger partial charge in [-0.05, 0) is 27.7 Å². The third-order valence-corrected chi connectivity index (χ3v) is 3.24. The summed E-state index contributed by atoms with van der Waals surface area (Å²) in [6, 6.07) is 0.218. The molecule has 0 aliphatic heterocycles. The van der Waals surface area contributed by atoms with Gasteiger partial charge in [-0.25, -0.2) is 0 Å². The van der Waals surface area contributed by atoms with E-state index in [0.717, 1.165) is 29.3 Å². The van der Waals surface area contributed by atoms with E-state index in [1.807, 2.05) is 38.7 Å². The van der Waals surface area contributed by atoms with Crippen LogP contribution < -0.4 is 5.32 Å². The highest BCUT2D eigenvalue weighted by Gasteiger charge is 2.16. The van der Waals surface area contributed by atoms with Gasteiger partial charge in [-0.2, -0.15) is 5.10 Å². The summed E-state index contributed by atoms with van der Waals surface area (Å²) in [6.07, 6.45) is 2.04. The number of aromatic nitrogens is 3. The molecule has 0 saturated carbocycles. The van der Waals surface area contributed by atoms with E-state index in [-0.39, 0.29) is 6.04 Å². The van der Waals surface area contributed by atoms with Gasteiger partial charge in [-0.3, -0.25) is 4.68 Å². The van der Waals surface area contributed by atoms with Crippen LogP contribution in [0.15, 0.2) is 10.7 Å². The number of nitrogens with one attached hydrogen (secondary N) is 1. The van der Waals surface area contributed by atoms with E-state index in [1.54, 1.807) is 0 Å². The van der Waals surface area contributed by atoms with Crippen LogP contribution in [-0.4, -0.2) is 14.9 Å². The Balaban J connectivity index is 2.05. The summed E-state index contributed by atoms with van der Waals surface area (Å²) >= 11 is 0. The SMILES string of the molecule is Cc1nn(C)cc1CNC(C)c1c(C)noc1C.